The molecule has 2 atom stereocenters. The minimum absolute atomic E-state index is 0.209. The molecule has 0 radical (unpaired) electrons. The van der Waals surface area contributed by atoms with Gasteiger partial charge >= 0.3 is 0 Å². The van der Waals surface area contributed by atoms with Crippen molar-refractivity contribution in [3.05, 3.63) is 0 Å². The summed E-state index contributed by atoms with van der Waals surface area (Å²) < 4.78 is 15.2. The van der Waals surface area contributed by atoms with Crippen LogP contribution < -0.4 is 5.32 Å². The lowest BCUT2D eigenvalue weighted by molar-refractivity contribution is -0.121. The first kappa shape index (κ1) is 13.9. The number of nitrogens with one attached hydrogen (secondary N) is 1. The van der Waals surface area contributed by atoms with Crippen molar-refractivity contribution in [1.82, 2.24) is 5.32 Å². The van der Waals surface area contributed by atoms with E-state index in [0.717, 1.165) is 12.8 Å². The summed E-state index contributed by atoms with van der Waals surface area (Å²) >= 11 is 0. The van der Waals surface area contributed by atoms with Crippen molar-refractivity contribution in [1.29, 1.82) is 0 Å². The third kappa shape index (κ3) is 5.61. The van der Waals surface area contributed by atoms with E-state index in [1.807, 2.05) is 6.92 Å². The maximum Gasteiger partial charge on any atom is 0.221 e. The second-order valence-corrected chi connectivity index (χ2v) is 5.26. The molecule has 0 aliphatic heterocycles. The van der Waals surface area contributed by atoms with Gasteiger partial charge in [-0.25, -0.2) is 0 Å². The molecule has 1 amide bonds. The van der Waals surface area contributed by atoms with Gasteiger partial charge in [0.1, 0.15) is 0 Å². The molecule has 0 saturated heterocycles. The smallest absolute Gasteiger partial charge is 0.221 e. The lowest BCUT2D eigenvalue weighted by atomic mass is 10.2. The van der Waals surface area contributed by atoms with E-state index in [9.17, 15) is 14.3 Å². The Balaban J connectivity index is 3.92. The summed E-state index contributed by atoms with van der Waals surface area (Å²) in [4.78, 5) is 20.4. The summed E-state index contributed by atoms with van der Waals surface area (Å²) in [5.74, 6) is -0.209. The predicted molar refractivity (Wildman–Crippen MR) is 55.2 cm³/mol. The van der Waals surface area contributed by atoms with Crippen molar-refractivity contribution >= 4 is 22.7 Å². The molecule has 0 aliphatic carbocycles. The van der Waals surface area contributed by atoms with E-state index in [0.29, 0.717) is 6.42 Å². The second-order valence-electron chi connectivity index (χ2n) is 2.64. The van der Waals surface area contributed by atoms with Crippen molar-refractivity contribution in [2.45, 2.75) is 31.7 Å². The Hall–Kier alpha value is -0.0800. The summed E-state index contributed by atoms with van der Waals surface area (Å²) in [6, 6.07) is 0. The molecule has 0 aliphatic rings. The molecule has 0 bridgehead atoms. The van der Waals surface area contributed by atoms with Crippen LogP contribution in [0.2, 0.25) is 0 Å². The van der Waals surface area contributed by atoms with Crippen molar-refractivity contribution in [2.75, 3.05) is 7.11 Å². The van der Waals surface area contributed by atoms with E-state index in [1.165, 1.54) is 7.11 Å². The molecule has 0 aromatic rings. The standard InChI is InChI=1S/C7H15NO4P2/c1-3-4-5-6(9)8-7(13-10)14(11)12-2/h7,11H,3-5H2,1-2H3,(H,8,9). The van der Waals surface area contributed by atoms with E-state index >= 15 is 0 Å². The zero-order valence-corrected chi connectivity index (χ0v) is 10.1. The summed E-state index contributed by atoms with van der Waals surface area (Å²) in [7, 11) is -0.868. The fourth-order valence-corrected chi connectivity index (χ4v) is 2.03. The lowest BCUT2D eigenvalue weighted by Crippen LogP contribution is -2.29. The highest BCUT2D eigenvalue weighted by atomic mass is 31.2. The number of unbranched alkanes of at least 4 members (excludes halogenated alkanes) is 1. The van der Waals surface area contributed by atoms with Crippen LogP contribution in [0, 0.1) is 0 Å². The van der Waals surface area contributed by atoms with Crippen molar-refractivity contribution < 1.29 is 18.8 Å². The first-order chi connectivity index (χ1) is 6.65. The highest BCUT2D eigenvalue weighted by molar-refractivity contribution is 7.57. The van der Waals surface area contributed by atoms with Crippen LogP contribution in [0.15, 0.2) is 0 Å². The van der Waals surface area contributed by atoms with Gasteiger partial charge in [-0.2, -0.15) is 0 Å². The quantitative estimate of drug-likeness (QED) is 0.664. The average Bonchev–Trinajstić information content (AvgIpc) is 2.21. The minimum Gasteiger partial charge on any atom is -0.348 e. The van der Waals surface area contributed by atoms with Gasteiger partial charge in [0, 0.05) is 13.5 Å². The molecule has 2 N–H and O–H groups in total. The summed E-state index contributed by atoms with van der Waals surface area (Å²) in [5.41, 5.74) is -0.820. The van der Waals surface area contributed by atoms with E-state index in [2.05, 4.69) is 9.84 Å². The zero-order chi connectivity index (χ0) is 11.0. The Labute approximate surface area is 86.3 Å². The van der Waals surface area contributed by atoms with Gasteiger partial charge in [0.25, 0.3) is 0 Å². The molecule has 0 heterocycles. The molecular weight excluding hydrogens is 224 g/mol. The maximum absolute atomic E-state index is 11.2. The summed E-state index contributed by atoms with van der Waals surface area (Å²) in [5, 5.41) is 2.44. The first-order valence-electron chi connectivity index (χ1n) is 4.29. The molecule has 0 spiro atoms. The van der Waals surface area contributed by atoms with Gasteiger partial charge in [-0.3, -0.25) is 9.36 Å². The Morgan fingerprint density at radius 2 is 2.36 bits per heavy atom. The van der Waals surface area contributed by atoms with Crippen LogP contribution in [0.25, 0.3) is 0 Å². The highest BCUT2D eigenvalue weighted by Crippen LogP contribution is 2.40. The van der Waals surface area contributed by atoms with Crippen LogP contribution >= 0.6 is 16.8 Å². The van der Waals surface area contributed by atoms with Crippen molar-refractivity contribution in [3.8, 4) is 0 Å². The van der Waals surface area contributed by atoms with Crippen LogP contribution in [0.5, 0.6) is 0 Å². The van der Waals surface area contributed by atoms with E-state index in [1.54, 1.807) is 0 Å². The molecule has 5 nitrogen and oxygen atoms in total. The van der Waals surface area contributed by atoms with Gasteiger partial charge < -0.3 is 14.7 Å². The number of amides is 1. The third-order valence-electron chi connectivity index (χ3n) is 1.54. The van der Waals surface area contributed by atoms with Crippen molar-refractivity contribution in [3.63, 3.8) is 0 Å². The van der Waals surface area contributed by atoms with Crippen LogP contribution in [-0.4, -0.2) is 23.4 Å². The second kappa shape index (κ2) is 8.25. The molecule has 0 saturated carbocycles. The molecule has 7 heteroatoms. The van der Waals surface area contributed by atoms with Gasteiger partial charge in [0.2, 0.25) is 14.3 Å². The molecule has 0 fully saturated rings. The largest absolute Gasteiger partial charge is 0.348 e. The Kier molecular flexibility index (Phi) is 8.20. The molecule has 2 unspecified atom stereocenters. The Morgan fingerprint density at radius 3 is 2.79 bits per heavy atom. The zero-order valence-electron chi connectivity index (χ0n) is 8.27. The number of hydrogen-bond donors (Lipinski definition) is 2. The molecule has 14 heavy (non-hydrogen) atoms. The number of hydrogen-bond acceptors (Lipinski definition) is 4. The lowest BCUT2D eigenvalue weighted by Gasteiger charge is -2.15. The van der Waals surface area contributed by atoms with E-state index in [-0.39, 0.29) is 14.4 Å². The van der Waals surface area contributed by atoms with Gasteiger partial charge in [-0.1, -0.05) is 13.3 Å². The number of rotatable bonds is 7. The first-order valence-corrected chi connectivity index (χ1v) is 6.46. The third-order valence-corrected chi connectivity index (χ3v) is 3.67. The van der Waals surface area contributed by atoms with Crippen LogP contribution in [0.3, 0.4) is 0 Å². The molecule has 0 aromatic heterocycles. The molecule has 82 valence electrons. The fourth-order valence-electron chi connectivity index (χ4n) is 0.775. The fraction of sp³-hybridized carbons (Fsp3) is 0.857. The van der Waals surface area contributed by atoms with Gasteiger partial charge in [0.15, 0.2) is 14.0 Å². The molecule has 0 aromatic carbocycles. The summed E-state index contributed by atoms with van der Waals surface area (Å²) in [6.45, 7) is 1.98. The normalized spacial score (nSPS) is 15.1. The van der Waals surface area contributed by atoms with Crippen molar-refractivity contribution in [2.24, 2.45) is 0 Å². The monoisotopic (exact) mass is 239 g/mol. The molecular formula is C7H15NO4P2. The predicted octanol–water partition coefficient (Wildman–Crippen LogP) is 1.82. The Bertz CT molecular complexity index is 191. The SMILES string of the molecule is CCCCC(=O)NC(P=O)P(O)OC. The van der Waals surface area contributed by atoms with Crippen LogP contribution in [0.1, 0.15) is 26.2 Å². The minimum atomic E-state index is -1.85. The maximum atomic E-state index is 11.2. The average molecular weight is 239 g/mol. The number of carbonyl (C=O) groups excluding carboxylic acids is 1. The highest BCUT2D eigenvalue weighted by Gasteiger charge is 2.21. The number of carbonyl (C=O) groups is 1. The topological polar surface area (TPSA) is 75.6 Å². The molecule has 0 rings (SSSR count). The van der Waals surface area contributed by atoms with Crippen LogP contribution in [-0.2, 0) is 13.9 Å². The van der Waals surface area contributed by atoms with Gasteiger partial charge in [0.05, 0.1) is 0 Å². The van der Waals surface area contributed by atoms with Crippen LogP contribution in [0.4, 0.5) is 0 Å². The van der Waals surface area contributed by atoms with E-state index < -0.39 is 13.9 Å². The Morgan fingerprint density at radius 1 is 1.71 bits per heavy atom. The van der Waals surface area contributed by atoms with Gasteiger partial charge in [-0.15, -0.1) is 0 Å². The van der Waals surface area contributed by atoms with E-state index in [4.69, 9.17) is 0 Å². The van der Waals surface area contributed by atoms with Gasteiger partial charge in [-0.05, 0) is 6.42 Å². The summed E-state index contributed by atoms with van der Waals surface area (Å²) in [6.07, 6.45) is 2.09.